The zero-order valence-corrected chi connectivity index (χ0v) is 15.0. The van der Waals surface area contributed by atoms with E-state index in [1.54, 1.807) is 20.8 Å². The van der Waals surface area contributed by atoms with Crippen molar-refractivity contribution in [2.75, 3.05) is 0 Å². The average molecular weight is 340 g/mol. The fourth-order valence-corrected chi connectivity index (χ4v) is 3.27. The number of carboxylic acids is 1. The summed E-state index contributed by atoms with van der Waals surface area (Å²) in [6.07, 6.45) is 1.39. The topological polar surface area (TPSA) is 95.9 Å². The number of hydrogen-bond donors (Lipinski definition) is 2. The highest BCUT2D eigenvalue weighted by molar-refractivity contribution is 5.91. The summed E-state index contributed by atoms with van der Waals surface area (Å²) in [5.41, 5.74) is -0.661. The maximum atomic E-state index is 13.0. The molecule has 0 bridgehead atoms. The SMILES string of the molecule is CCC(C)C(NC(=O)OC(C)(C)C)C(=O)N1C2CC2C[C@H]1C(=O)O. The van der Waals surface area contributed by atoms with Crippen LogP contribution in [0, 0.1) is 11.8 Å². The van der Waals surface area contributed by atoms with E-state index in [1.807, 2.05) is 13.8 Å². The second kappa shape index (κ2) is 6.61. The first-order valence-electron chi connectivity index (χ1n) is 8.59. The molecule has 4 unspecified atom stereocenters. The molecule has 0 aromatic rings. The Morgan fingerprint density at radius 2 is 1.92 bits per heavy atom. The third kappa shape index (κ3) is 3.99. The van der Waals surface area contributed by atoms with Gasteiger partial charge in [0.25, 0.3) is 0 Å². The highest BCUT2D eigenvalue weighted by Gasteiger charge is 2.57. The van der Waals surface area contributed by atoms with Gasteiger partial charge >= 0.3 is 12.1 Å². The van der Waals surface area contributed by atoms with Gasteiger partial charge < -0.3 is 20.1 Å². The molecule has 136 valence electrons. The van der Waals surface area contributed by atoms with E-state index < -0.39 is 29.7 Å². The van der Waals surface area contributed by atoms with Gasteiger partial charge in [0.15, 0.2) is 0 Å². The van der Waals surface area contributed by atoms with Gasteiger partial charge in [0.1, 0.15) is 17.7 Å². The summed E-state index contributed by atoms with van der Waals surface area (Å²) in [5.74, 6) is -1.12. The highest BCUT2D eigenvalue weighted by Crippen LogP contribution is 2.48. The van der Waals surface area contributed by atoms with Crippen LogP contribution in [-0.2, 0) is 14.3 Å². The number of carbonyl (C=O) groups excluding carboxylic acids is 2. The molecule has 2 aliphatic rings. The lowest BCUT2D eigenvalue weighted by Crippen LogP contribution is -2.55. The van der Waals surface area contributed by atoms with Gasteiger partial charge in [-0.1, -0.05) is 20.3 Å². The van der Waals surface area contributed by atoms with E-state index in [4.69, 9.17) is 4.74 Å². The van der Waals surface area contributed by atoms with Gasteiger partial charge in [-0.05, 0) is 45.4 Å². The van der Waals surface area contributed by atoms with E-state index in [-0.39, 0.29) is 23.8 Å². The van der Waals surface area contributed by atoms with Crippen LogP contribution in [0.3, 0.4) is 0 Å². The number of piperidine rings is 1. The smallest absolute Gasteiger partial charge is 0.408 e. The van der Waals surface area contributed by atoms with Gasteiger partial charge in [0.2, 0.25) is 5.91 Å². The van der Waals surface area contributed by atoms with Crippen molar-refractivity contribution in [1.29, 1.82) is 0 Å². The number of nitrogens with one attached hydrogen (secondary N) is 1. The van der Waals surface area contributed by atoms with E-state index in [2.05, 4.69) is 5.32 Å². The number of carboxylic acid groups (broad SMARTS) is 1. The van der Waals surface area contributed by atoms with Crippen molar-refractivity contribution in [3.05, 3.63) is 0 Å². The molecule has 7 heteroatoms. The maximum Gasteiger partial charge on any atom is 0.408 e. The summed E-state index contributed by atoms with van der Waals surface area (Å²) in [4.78, 5) is 38.0. The molecule has 2 amide bonds. The number of amides is 2. The Balaban J connectivity index is 2.13. The van der Waals surface area contributed by atoms with E-state index in [0.29, 0.717) is 12.8 Å². The van der Waals surface area contributed by atoms with Gasteiger partial charge in [0.05, 0.1) is 0 Å². The van der Waals surface area contributed by atoms with Crippen molar-refractivity contribution in [1.82, 2.24) is 10.2 Å². The molecule has 0 radical (unpaired) electrons. The number of hydrogen-bond acceptors (Lipinski definition) is 4. The minimum absolute atomic E-state index is 0.00518. The van der Waals surface area contributed by atoms with Crippen LogP contribution in [0.25, 0.3) is 0 Å². The molecular formula is C17H28N2O5. The van der Waals surface area contributed by atoms with Crippen molar-refractivity contribution in [2.45, 2.75) is 77.6 Å². The van der Waals surface area contributed by atoms with E-state index in [9.17, 15) is 19.5 Å². The Labute approximate surface area is 142 Å². The molecule has 0 aromatic heterocycles. The predicted molar refractivity (Wildman–Crippen MR) is 87.4 cm³/mol. The molecule has 2 N–H and O–H groups in total. The number of ether oxygens (including phenoxy) is 1. The highest BCUT2D eigenvalue weighted by atomic mass is 16.6. The van der Waals surface area contributed by atoms with Gasteiger partial charge in [-0.3, -0.25) is 4.79 Å². The molecular weight excluding hydrogens is 312 g/mol. The van der Waals surface area contributed by atoms with Crippen LogP contribution in [0.5, 0.6) is 0 Å². The first kappa shape index (κ1) is 18.5. The number of rotatable bonds is 5. The molecule has 1 aliphatic carbocycles. The fourth-order valence-electron chi connectivity index (χ4n) is 3.27. The summed E-state index contributed by atoms with van der Waals surface area (Å²) in [7, 11) is 0. The molecule has 24 heavy (non-hydrogen) atoms. The van der Waals surface area contributed by atoms with E-state index in [1.165, 1.54) is 4.90 Å². The van der Waals surface area contributed by atoms with E-state index in [0.717, 1.165) is 6.42 Å². The lowest BCUT2D eigenvalue weighted by molar-refractivity contribution is -0.150. The maximum absolute atomic E-state index is 13.0. The van der Waals surface area contributed by atoms with Gasteiger partial charge in [-0.25, -0.2) is 9.59 Å². The fraction of sp³-hybridized carbons (Fsp3) is 0.824. The second-order valence-electron chi connectivity index (χ2n) is 7.91. The zero-order chi connectivity index (χ0) is 18.2. The number of aliphatic carboxylic acids is 1. The third-order valence-corrected chi connectivity index (χ3v) is 4.80. The molecule has 1 aliphatic heterocycles. The van der Waals surface area contributed by atoms with Crippen molar-refractivity contribution in [3.63, 3.8) is 0 Å². The van der Waals surface area contributed by atoms with Crippen LogP contribution in [0.4, 0.5) is 4.79 Å². The normalized spacial score (nSPS) is 27.9. The van der Waals surface area contributed by atoms with Crippen LogP contribution < -0.4 is 5.32 Å². The Morgan fingerprint density at radius 3 is 2.42 bits per heavy atom. The van der Waals surface area contributed by atoms with Crippen molar-refractivity contribution in [3.8, 4) is 0 Å². The third-order valence-electron chi connectivity index (χ3n) is 4.80. The van der Waals surface area contributed by atoms with Crippen molar-refractivity contribution < 1.29 is 24.2 Å². The molecule has 2 rings (SSSR count). The van der Waals surface area contributed by atoms with Gasteiger partial charge in [-0.15, -0.1) is 0 Å². The Bertz CT molecular complexity index is 528. The molecule has 5 atom stereocenters. The zero-order valence-electron chi connectivity index (χ0n) is 15.0. The lowest BCUT2D eigenvalue weighted by Gasteiger charge is -2.32. The molecule has 0 spiro atoms. The summed E-state index contributed by atoms with van der Waals surface area (Å²) in [5, 5.41) is 12.0. The standard InChI is InChI=1S/C17H28N2O5/c1-6-9(2)13(18-16(23)24-17(3,4)5)14(20)19-11-7-10(11)8-12(19)15(21)22/h9-13H,6-8H2,1-5H3,(H,18,23)(H,21,22)/t9?,10?,11?,12-,13?/m0/s1. The Kier molecular flexibility index (Phi) is 5.11. The van der Waals surface area contributed by atoms with Gasteiger partial charge in [-0.2, -0.15) is 0 Å². The minimum Gasteiger partial charge on any atom is -0.480 e. The first-order valence-corrected chi connectivity index (χ1v) is 8.59. The summed E-state index contributed by atoms with van der Waals surface area (Å²) >= 11 is 0. The first-order chi connectivity index (χ1) is 11.0. The quantitative estimate of drug-likeness (QED) is 0.798. The Hall–Kier alpha value is -1.79. The molecule has 1 heterocycles. The van der Waals surface area contributed by atoms with Crippen LogP contribution in [-0.4, -0.2) is 51.7 Å². The predicted octanol–water partition coefficient (Wildman–Crippen LogP) is 2.00. The second-order valence-corrected chi connectivity index (χ2v) is 7.91. The monoisotopic (exact) mass is 340 g/mol. The van der Waals surface area contributed by atoms with Crippen molar-refractivity contribution in [2.24, 2.45) is 11.8 Å². The van der Waals surface area contributed by atoms with Crippen LogP contribution in [0.1, 0.15) is 53.9 Å². The summed E-state index contributed by atoms with van der Waals surface area (Å²) in [6.45, 7) is 9.06. The number of carbonyl (C=O) groups is 3. The Morgan fingerprint density at radius 1 is 1.29 bits per heavy atom. The molecule has 2 fully saturated rings. The van der Waals surface area contributed by atoms with Crippen LogP contribution in [0.15, 0.2) is 0 Å². The van der Waals surface area contributed by atoms with Crippen LogP contribution in [0.2, 0.25) is 0 Å². The number of alkyl carbamates (subject to hydrolysis) is 1. The largest absolute Gasteiger partial charge is 0.480 e. The van der Waals surface area contributed by atoms with Crippen molar-refractivity contribution >= 4 is 18.0 Å². The number of fused-ring (bicyclic) bond motifs is 1. The van der Waals surface area contributed by atoms with E-state index >= 15 is 0 Å². The average Bonchev–Trinajstić information content (AvgIpc) is 3.11. The molecule has 0 aromatic carbocycles. The molecule has 1 saturated carbocycles. The number of nitrogens with zero attached hydrogens (tertiary/aromatic N) is 1. The summed E-state index contributed by atoms with van der Waals surface area (Å²) in [6, 6.07) is -1.55. The van der Waals surface area contributed by atoms with Crippen LogP contribution >= 0.6 is 0 Å². The number of likely N-dealkylation sites (tertiary alicyclic amines) is 1. The minimum atomic E-state index is -0.976. The lowest BCUT2D eigenvalue weighted by atomic mass is 9.97. The molecule has 7 nitrogen and oxygen atoms in total. The molecule has 1 saturated heterocycles. The van der Waals surface area contributed by atoms with Gasteiger partial charge in [0, 0.05) is 6.04 Å². The summed E-state index contributed by atoms with van der Waals surface area (Å²) < 4.78 is 5.25.